The molecule has 2 aromatic rings. The van der Waals surface area contributed by atoms with Crippen LogP contribution in [0.1, 0.15) is 28.7 Å². The van der Waals surface area contributed by atoms with Gasteiger partial charge in [0.25, 0.3) is 5.91 Å². The zero-order valence-corrected chi connectivity index (χ0v) is 13.2. The van der Waals surface area contributed by atoms with Gasteiger partial charge in [-0.2, -0.15) is 0 Å². The molecule has 0 aliphatic heterocycles. The van der Waals surface area contributed by atoms with E-state index in [-0.39, 0.29) is 11.8 Å². The minimum atomic E-state index is -0.711. The highest BCUT2D eigenvalue weighted by molar-refractivity contribution is 6.30. The fraction of sp³-hybridized carbons (Fsp3) is 0.267. The molecule has 22 heavy (non-hydrogen) atoms. The summed E-state index contributed by atoms with van der Waals surface area (Å²) in [4.78, 5) is 24.2. The van der Waals surface area contributed by atoms with Gasteiger partial charge in [-0.3, -0.25) is 9.59 Å². The molecular formula is C15H16ClN3O3. The Balaban J connectivity index is 1.99. The Bertz CT molecular complexity index is 675. The molecule has 0 saturated carbocycles. The molecule has 116 valence electrons. The lowest BCUT2D eigenvalue weighted by Gasteiger charge is -2.14. The molecule has 1 heterocycles. The molecule has 0 aliphatic rings. The van der Waals surface area contributed by atoms with E-state index < -0.39 is 6.04 Å². The molecular weight excluding hydrogens is 306 g/mol. The van der Waals surface area contributed by atoms with Crippen LogP contribution in [0, 0.1) is 13.8 Å². The molecule has 0 saturated heterocycles. The molecule has 0 unspecified atom stereocenters. The lowest BCUT2D eigenvalue weighted by molar-refractivity contribution is -0.117. The Hall–Kier alpha value is -2.34. The van der Waals surface area contributed by atoms with E-state index in [0.29, 0.717) is 27.7 Å². The highest BCUT2D eigenvalue weighted by atomic mass is 35.5. The van der Waals surface area contributed by atoms with Crippen molar-refractivity contribution in [1.82, 2.24) is 10.5 Å². The van der Waals surface area contributed by atoms with Crippen LogP contribution >= 0.6 is 11.6 Å². The van der Waals surface area contributed by atoms with Crippen molar-refractivity contribution in [3.63, 3.8) is 0 Å². The van der Waals surface area contributed by atoms with Gasteiger partial charge >= 0.3 is 0 Å². The Morgan fingerprint density at radius 1 is 1.23 bits per heavy atom. The number of anilines is 1. The molecule has 0 radical (unpaired) electrons. The number of aromatic nitrogens is 1. The molecule has 0 fully saturated rings. The number of halogens is 1. The van der Waals surface area contributed by atoms with Gasteiger partial charge in [-0.05, 0) is 45.0 Å². The average Bonchev–Trinajstić information content (AvgIpc) is 2.79. The number of amides is 2. The number of nitrogens with zero attached hydrogens (tertiary/aromatic N) is 1. The second kappa shape index (κ2) is 6.62. The number of carbonyl (C=O) groups excluding carboxylic acids is 2. The average molecular weight is 322 g/mol. The SMILES string of the molecule is Cc1noc(C)c1NC(=O)[C@@H](C)NC(=O)c1ccc(Cl)cc1. The number of benzene rings is 1. The molecule has 1 atom stereocenters. The lowest BCUT2D eigenvalue weighted by atomic mass is 10.2. The number of hydrogen-bond acceptors (Lipinski definition) is 4. The normalized spacial score (nSPS) is 11.8. The minimum Gasteiger partial charge on any atom is -0.359 e. The van der Waals surface area contributed by atoms with E-state index in [2.05, 4.69) is 15.8 Å². The zero-order valence-electron chi connectivity index (χ0n) is 12.4. The van der Waals surface area contributed by atoms with Crippen molar-refractivity contribution in [2.45, 2.75) is 26.8 Å². The van der Waals surface area contributed by atoms with Crippen LogP contribution in [-0.4, -0.2) is 23.0 Å². The Morgan fingerprint density at radius 2 is 1.86 bits per heavy atom. The molecule has 2 N–H and O–H groups in total. The summed E-state index contributed by atoms with van der Waals surface area (Å²) in [6, 6.07) is 5.71. The Labute approximate surface area is 132 Å². The molecule has 7 heteroatoms. The number of rotatable bonds is 4. The number of carbonyl (C=O) groups is 2. The molecule has 2 rings (SSSR count). The third-order valence-corrected chi connectivity index (χ3v) is 3.38. The van der Waals surface area contributed by atoms with Crippen molar-refractivity contribution in [3.05, 3.63) is 46.3 Å². The van der Waals surface area contributed by atoms with Crippen molar-refractivity contribution >= 4 is 29.1 Å². The van der Waals surface area contributed by atoms with E-state index >= 15 is 0 Å². The van der Waals surface area contributed by atoms with Gasteiger partial charge in [0.15, 0.2) is 5.76 Å². The second-order valence-electron chi connectivity index (χ2n) is 4.89. The molecule has 2 amide bonds. The molecule has 0 bridgehead atoms. The predicted molar refractivity (Wildman–Crippen MR) is 83.0 cm³/mol. The summed E-state index contributed by atoms with van der Waals surface area (Å²) >= 11 is 5.77. The fourth-order valence-corrected chi connectivity index (χ4v) is 1.97. The van der Waals surface area contributed by atoms with Crippen molar-refractivity contribution in [3.8, 4) is 0 Å². The highest BCUT2D eigenvalue weighted by Crippen LogP contribution is 2.18. The van der Waals surface area contributed by atoms with Gasteiger partial charge in [-0.15, -0.1) is 0 Å². The Kier molecular flexibility index (Phi) is 4.82. The first kappa shape index (κ1) is 16.0. The van der Waals surface area contributed by atoms with Crippen LogP contribution in [0.3, 0.4) is 0 Å². The Morgan fingerprint density at radius 3 is 2.41 bits per heavy atom. The largest absolute Gasteiger partial charge is 0.359 e. The van der Waals surface area contributed by atoms with Gasteiger partial charge < -0.3 is 15.2 Å². The number of aryl methyl sites for hydroxylation is 2. The smallest absolute Gasteiger partial charge is 0.251 e. The first-order chi connectivity index (χ1) is 10.4. The van der Waals surface area contributed by atoms with E-state index in [1.165, 1.54) is 0 Å². The fourth-order valence-electron chi connectivity index (χ4n) is 1.84. The molecule has 1 aromatic heterocycles. The maximum Gasteiger partial charge on any atom is 0.251 e. The van der Waals surface area contributed by atoms with Crippen LogP contribution in [0.15, 0.2) is 28.8 Å². The van der Waals surface area contributed by atoms with Crippen molar-refractivity contribution in [2.24, 2.45) is 0 Å². The summed E-state index contributed by atoms with van der Waals surface area (Å²) in [5.41, 5.74) is 1.54. The van der Waals surface area contributed by atoms with E-state index in [9.17, 15) is 9.59 Å². The summed E-state index contributed by atoms with van der Waals surface area (Å²) in [5.74, 6) is -0.183. The van der Waals surface area contributed by atoms with Gasteiger partial charge in [0.05, 0.1) is 0 Å². The van der Waals surface area contributed by atoms with Crippen LogP contribution in [0.25, 0.3) is 0 Å². The summed E-state index contributed by atoms with van der Waals surface area (Å²) in [6.45, 7) is 5.02. The minimum absolute atomic E-state index is 0.349. The maximum atomic E-state index is 12.1. The lowest BCUT2D eigenvalue weighted by Crippen LogP contribution is -2.41. The highest BCUT2D eigenvalue weighted by Gasteiger charge is 2.19. The summed E-state index contributed by atoms with van der Waals surface area (Å²) in [6.07, 6.45) is 0. The van der Waals surface area contributed by atoms with Crippen LogP contribution in [0.2, 0.25) is 5.02 Å². The van der Waals surface area contributed by atoms with Crippen molar-refractivity contribution in [2.75, 3.05) is 5.32 Å². The van der Waals surface area contributed by atoms with Crippen LogP contribution in [-0.2, 0) is 4.79 Å². The summed E-state index contributed by atoms with van der Waals surface area (Å²) < 4.78 is 4.97. The van der Waals surface area contributed by atoms with Gasteiger partial charge in [-0.1, -0.05) is 16.8 Å². The van der Waals surface area contributed by atoms with Gasteiger partial charge in [0.1, 0.15) is 17.4 Å². The quantitative estimate of drug-likeness (QED) is 0.906. The molecule has 1 aromatic carbocycles. The molecule has 0 aliphatic carbocycles. The monoisotopic (exact) mass is 321 g/mol. The predicted octanol–water partition coefficient (Wildman–Crippen LogP) is 2.70. The maximum absolute atomic E-state index is 12.1. The first-order valence-corrected chi connectivity index (χ1v) is 7.06. The number of nitrogens with one attached hydrogen (secondary N) is 2. The second-order valence-corrected chi connectivity index (χ2v) is 5.33. The van der Waals surface area contributed by atoms with Crippen molar-refractivity contribution < 1.29 is 14.1 Å². The zero-order chi connectivity index (χ0) is 16.3. The summed E-state index contributed by atoms with van der Waals surface area (Å²) in [7, 11) is 0. The van der Waals surface area contributed by atoms with E-state index in [1.807, 2.05) is 0 Å². The van der Waals surface area contributed by atoms with Crippen LogP contribution < -0.4 is 10.6 Å². The van der Waals surface area contributed by atoms with E-state index in [0.717, 1.165) is 0 Å². The standard InChI is InChI=1S/C15H16ClN3O3/c1-8-13(10(3)22-19-8)18-14(20)9(2)17-15(21)11-4-6-12(16)7-5-11/h4-7,9H,1-3H3,(H,17,21)(H,18,20)/t9-/m1/s1. The van der Waals surface area contributed by atoms with Gasteiger partial charge in [-0.25, -0.2) is 0 Å². The van der Waals surface area contributed by atoms with Gasteiger partial charge in [0.2, 0.25) is 5.91 Å². The number of hydrogen-bond donors (Lipinski definition) is 2. The van der Waals surface area contributed by atoms with Gasteiger partial charge in [0, 0.05) is 10.6 Å². The molecule has 6 nitrogen and oxygen atoms in total. The van der Waals surface area contributed by atoms with Crippen LogP contribution in [0.5, 0.6) is 0 Å². The summed E-state index contributed by atoms with van der Waals surface area (Å²) in [5, 5.41) is 9.61. The third kappa shape index (κ3) is 3.65. The van der Waals surface area contributed by atoms with E-state index in [1.54, 1.807) is 45.0 Å². The third-order valence-electron chi connectivity index (χ3n) is 3.13. The van der Waals surface area contributed by atoms with Crippen LogP contribution in [0.4, 0.5) is 5.69 Å². The topological polar surface area (TPSA) is 84.2 Å². The molecule has 0 spiro atoms. The first-order valence-electron chi connectivity index (χ1n) is 6.68. The van der Waals surface area contributed by atoms with Crippen molar-refractivity contribution in [1.29, 1.82) is 0 Å². The van der Waals surface area contributed by atoms with E-state index in [4.69, 9.17) is 16.1 Å².